The lowest BCUT2D eigenvalue weighted by atomic mass is 10.2. The molecule has 0 aliphatic rings. The first-order chi connectivity index (χ1) is 7.65. The third-order valence-electron chi connectivity index (χ3n) is 2.23. The van der Waals surface area contributed by atoms with Gasteiger partial charge in [0.1, 0.15) is 5.00 Å². The number of anilines is 1. The Hall–Kier alpha value is -1.36. The highest BCUT2D eigenvalue weighted by atomic mass is 32.1. The first-order valence-corrected chi connectivity index (χ1v) is 6.01. The molecule has 4 nitrogen and oxygen atoms in total. The summed E-state index contributed by atoms with van der Waals surface area (Å²) in [5, 5.41) is 2.53. The third kappa shape index (κ3) is 2.41. The van der Waals surface area contributed by atoms with Gasteiger partial charge in [0.15, 0.2) is 6.29 Å². The molecule has 5 heteroatoms. The summed E-state index contributed by atoms with van der Waals surface area (Å²) in [4.78, 5) is 23.9. The normalized spacial score (nSPS) is 9.94. The number of amides is 1. The highest BCUT2D eigenvalue weighted by Gasteiger charge is 2.19. The smallest absolute Gasteiger partial charge is 0.414 e. The number of nitrogens with zero attached hydrogens (tertiary/aromatic N) is 1. The summed E-state index contributed by atoms with van der Waals surface area (Å²) in [6.45, 7) is 6.34. The highest BCUT2D eigenvalue weighted by Crippen LogP contribution is 2.30. The molecule has 0 unspecified atom stereocenters. The van der Waals surface area contributed by atoms with E-state index < -0.39 is 0 Å². The van der Waals surface area contributed by atoms with Gasteiger partial charge in [0.25, 0.3) is 0 Å². The van der Waals surface area contributed by atoms with Gasteiger partial charge >= 0.3 is 6.09 Å². The molecule has 1 heterocycles. The Bertz CT molecular complexity index is 387. The van der Waals surface area contributed by atoms with Gasteiger partial charge in [-0.25, -0.2) is 4.79 Å². The van der Waals surface area contributed by atoms with Crippen molar-refractivity contribution < 1.29 is 14.3 Å². The van der Waals surface area contributed by atoms with E-state index in [1.807, 2.05) is 13.8 Å². The number of ether oxygens (including phenoxy) is 1. The fraction of sp³-hybridized carbons (Fsp3) is 0.455. The predicted molar refractivity (Wildman–Crippen MR) is 64.5 cm³/mol. The first-order valence-electron chi connectivity index (χ1n) is 5.13. The third-order valence-corrected chi connectivity index (χ3v) is 3.35. The van der Waals surface area contributed by atoms with Crippen molar-refractivity contribution in [2.75, 3.05) is 18.1 Å². The van der Waals surface area contributed by atoms with E-state index in [4.69, 9.17) is 4.74 Å². The van der Waals surface area contributed by atoms with Gasteiger partial charge in [-0.3, -0.25) is 9.69 Å². The van der Waals surface area contributed by atoms with E-state index >= 15 is 0 Å². The topological polar surface area (TPSA) is 46.6 Å². The molecule has 16 heavy (non-hydrogen) atoms. The number of carbonyl (C=O) groups is 2. The maximum atomic E-state index is 11.6. The van der Waals surface area contributed by atoms with E-state index in [9.17, 15) is 9.59 Å². The Kier molecular flexibility index (Phi) is 4.49. The van der Waals surface area contributed by atoms with Gasteiger partial charge in [-0.2, -0.15) is 0 Å². The molecule has 0 radical (unpaired) electrons. The van der Waals surface area contributed by atoms with Crippen molar-refractivity contribution in [2.24, 2.45) is 0 Å². The molecule has 0 saturated heterocycles. The number of rotatable bonds is 4. The zero-order valence-electron chi connectivity index (χ0n) is 9.65. The van der Waals surface area contributed by atoms with E-state index in [0.717, 1.165) is 16.9 Å². The number of hydrogen-bond acceptors (Lipinski definition) is 4. The largest absolute Gasteiger partial charge is 0.449 e. The summed E-state index contributed by atoms with van der Waals surface area (Å²) in [6, 6.07) is 0. The van der Waals surface area contributed by atoms with Crippen molar-refractivity contribution in [3.8, 4) is 0 Å². The van der Waals surface area contributed by atoms with Gasteiger partial charge in [-0.1, -0.05) is 0 Å². The van der Waals surface area contributed by atoms with Crippen LogP contribution in [0.4, 0.5) is 9.80 Å². The van der Waals surface area contributed by atoms with Crippen LogP contribution in [-0.2, 0) is 4.74 Å². The quantitative estimate of drug-likeness (QED) is 0.761. The molecule has 0 fully saturated rings. The monoisotopic (exact) mass is 241 g/mol. The number of aldehydes is 1. The van der Waals surface area contributed by atoms with Crippen LogP contribution in [0.15, 0.2) is 5.38 Å². The molecule has 0 bridgehead atoms. The Labute approximate surface area is 98.8 Å². The van der Waals surface area contributed by atoms with Crippen molar-refractivity contribution in [1.29, 1.82) is 0 Å². The molecule has 0 aliphatic heterocycles. The van der Waals surface area contributed by atoms with Crippen LogP contribution in [-0.4, -0.2) is 25.5 Å². The summed E-state index contributed by atoms with van der Waals surface area (Å²) in [7, 11) is 0. The van der Waals surface area contributed by atoms with E-state index in [-0.39, 0.29) is 6.09 Å². The second-order valence-electron chi connectivity index (χ2n) is 3.18. The Morgan fingerprint density at radius 2 is 2.25 bits per heavy atom. The van der Waals surface area contributed by atoms with Gasteiger partial charge in [-0.05, 0) is 26.3 Å². The van der Waals surface area contributed by atoms with Crippen LogP contribution < -0.4 is 4.90 Å². The predicted octanol–water partition coefficient (Wildman–Crippen LogP) is 2.85. The van der Waals surface area contributed by atoms with Gasteiger partial charge in [-0.15, -0.1) is 11.3 Å². The van der Waals surface area contributed by atoms with Gasteiger partial charge in [0.2, 0.25) is 0 Å². The maximum Gasteiger partial charge on any atom is 0.414 e. The lowest BCUT2D eigenvalue weighted by molar-refractivity contribution is 0.112. The number of hydrogen-bond donors (Lipinski definition) is 0. The standard InChI is InChI=1S/C11H15NO3S/c1-4-12(11(14)15-5-2)10-8(3)9(6-13)7-16-10/h6-7H,4-5H2,1-3H3. The zero-order chi connectivity index (χ0) is 12.1. The van der Waals surface area contributed by atoms with Crippen molar-refractivity contribution in [3.05, 3.63) is 16.5 Å². The van der Waals surface area contributed by atoms with Crippen LogP contribution in [0.3, 0.4) is 0 Å². The number of carbonyl (C=O) groups excluding carboxylic acids is 2. The van der Waals surface area contributed by atoms with Crippen LogP contribution >= 0.6 is 11.3 Å². The van der Waals surface area contributed by atoms with Gasteiger partial charge < -0.3 is 4.74 Å². The first kappa shape index (κ1) is 12.7. The maximum absolute atomic E-state index is 11.6. The van der Waals surface area contributed by atoms with Crippen LogP contribution in [0.25, 0.3) is 0 Å². The Balaban J connectivity index is 2.99. The fourth-order valence-corrected chi connectivity index (χ4v) is 2.46. The Morgan fingerprint density at radius 3 is 2.69 bits per heavy atom. The fourth-order valence-electron chi connectivity index (χ4n) is 1.36. The summed E-state index contributed by atoms with van der Waals surface area (Å²) in [6.07, 6.45) is 0.432. The minimum Gasteiger partial charge on any atom is -0.449 e. The second-order valence-corrected chi connectivity index (χ2v) is 4.04. The molecule has 0 N–H and O–H groups in total. The molecule has 88 valence electrons. The number of thiophene rings is 1. The summed E-state index contributed by atoms with van der Waals surface area (Å²) >= 11 is 1.38. The summed E-state index contributed by atoms with van der Waals surface area (Å²) in [5.74, 6) is 0. The van der Waals surface area contributed by atoms with Crippen LogP contribution in [0.2, 0.25) is 0 Å². The Morgan fingerprint density at radius 1 is 1.56 bits per heavy atom. The molecule has 0 aliphatic carbocycles. The van der Waals surface area contributed by atoms with Crippen molar-refractivity contribution in [1.82, 2.24) is 0 Å². The molecule has 0 saturated carbocycles. The molecular formula is C11H15NO3S. The van der Waals surface area contributed by atoms with E-state index in [0.29, 0.717) is 18.7 Å². The lowest BCUT2D eigenvalue weighted by Crippen LogP contribution is -2.31. The minimum absolute atomic E-state index is 0.348. The van der Waals surface area contributed by atoms with Crippen molar-refractivity contribution >= 4 is 28.7 Å². The van der Waals surface area contributed by atoms with Crippen LogP contribution in [0.1, 0.15) is 29.8 Å². The summed E-state index contributed by atoms with van der Waals surface area (Å²) in [5.41, 5.74) is 1.46. The molecule has 1 amide bonds. The molecule has 1 aromatic rings. The molecular weight excluding hydrogens is 226 g/mol. The second kappa shape index (κ2) is 5.65. The van der Waals surface area contributed by atoms with E-state index in [2.05, 4.69) is 0 Å². The lowest BCUT2D eigenvalue weighted by Gasteiger charge is -2.19. The van der Waals surface area contributed by atoms with Gasteiger partial charge in [0.05, 0.1) is 6.61 Å². The van der Waals surface area contributed by atoms with Gasteiger partial charge in [0, 0.05) is 17.5 Å². The molecule has 0 aromatic carbocycles. The molecule has 1 aromatic heterocycles. The average Bonchev–Trinajstić information content (AvgIpc) is 2.62. The SMILES string of the molecule is CCOC(=O)N(CC)c1scc(C=O)c1C. The summed E-state index contributed by atoms with van der Waals surface area (Å²) < 4.78 is 4.95. The molecule has 1 rings (SSSR count). The van der Waals surface area contributed by atoms with Crippen molar-refractivity contribution in [2.45, 2.75) is 20.8 Å². The van der Waals surface area contributed by atoms with E-state index in [1.54, 1.807) is 12.3 Å². The van der Waals surface area contributed by atoms with Crippen LogP contribution in [0, 0.1) is 6.92 Å². The zero-order valence-corrected chi connectivity index (χ0v) is 10.5. The van der Waals surface area contributed by atoms with E-state index in [1.165, 1.54) is 16.2 Å². The van der Waals surface area contributed by atoms with Crippen LogP contribution in [0.5, 0.6) is 0 Å². The van der Waals surface area contributed by atoms with Crippen molar-refractivity contribution in [3.63, 3.8) is 0 Å². The molecule has 0 atom stereocenters. The average molecular weight is 241 g/mol. The minimum atomic E-state index is -0.368. The highest BCUT2D eigenvalue weighted by molar-refractivity contribution is 7.14. The molecule has 0 spiro atoms.